The van der Waals surface area contributed by atoms with E-state index in [1.165, 1.54) is 44.9 Å². The molecule has 3 heterocycles. The Morgan fingerprint density at radius 1 is 0.786 bits per heavy atom. The SMILES string of the molecule is C1CC2CCC1OC13CC2CCC1O3. The number of fused-ring (bicyclic) bond motifs is 2. The van der Waals surface area contributed by atoms with Crippen LogP contribution in [0.25, 0.3) is 0 Å². The number of ether oxygens (including phenoxy) is 2. The molecular formula is C12H18O2. The summed E-state index contributed by atoms with van der Waals surface area (Å²) in [5, 5.41) is 0. The molecule has 2 heteroatoms. The summed E-state index contributed by atoms with van der Waals surface area (Å²) in [5.41, 5.74) is 0. The first-order valence-corrected chi connectivity index (χ1v) is 6.21. The minimum atomic E-state index is -0.0767. The zero-order valence-corrected chi connectivity index (χ0v) is 8.58. The standard InChI is InChI=1S/C12H18O2/c1-4-10-5-2-8(1)9-3-6-11-12(7-9,13-10)14-11/h8-11H,1-7H2. The molecule has 5 rings (SSSR count). The second-order valence-corrected chi connectivity index (χ2v) is 5.61. The lowest BCUT2D eigenvalue weighted by atomic mass is 9.70. The van der Waals surface area contributed by atoms with Crippen LogP contribution in [0.2, 0.25) is 0 Å². The fraction of sp³-hybridized carbons (Fsp3) is 1.00. The minimum Gasteiger partial charge on any atom is -0.344 e. The third-order valence-corrected chi connectivity index (χ3v) is 4.87. The normalized spacial score (nSPS) is 60.0. The van der Waals surface area contributed by atoms with Gasteiger partial charge in [0.05, 0.1) is 6.10 Å². The molecule has 1 spiro atoms. The predicted octanol–water partition coefficient (Wildman–Crippen LogP) is 2.47. The number of epoxide rings is 1. The highest BCUT2D eigenvalue weighted by Crippen LogP contribution is 2.57. The second-order valence-electron chi connectivity index (χ2n) is 5.61. The van der Waals surface area contributed by atoms with Crippen molar-refractivity contribution in [2.45, 2.75) is 62.9 Å². The van der Waals surface area contributed by atoms with Crippen LogP contribution in [-0.2, 0) is 9.47 Å². The van der Waals surface area contributed by atoms with Gasteiger partial charge in [-0.15, -0.1) is 0 Å². The number of hydrogen-bond donors (Lipinski definition) is 0. The van der Waals surface area contributed by atoms with Gasteiger partial charge in [0.25, 0.3) is 0 Å². The molecule has 5 fully saturated rings. The van der Waals surface area contributed by atoms with Crippen LogP contribution in [0.15, 0.2) is 0 Å². The van der Waals surface area contributed by atoms with Gasteiger partial charge >= 0.3 is 0 Å². The summed E-state index contributed by atoms with van der Waals surface area (Å²) < 4.78 is 12.0. The Kier molecular flexibility index (Phi) is 1.47. The molecule has 3 aliphatic heterocycles. The van der Waals surface area contributed by atoms with Gasteiger partial charge in [-0.05, 0) is 50.4 Å². The molecular weight excluding hydrogens is 176 g/mol. The van der Waals surface area contributed by atoms with Crippen molar-refractivity contribution in [3.05, 3.63) is 0 Å². The largest absolute Gasteiger partial charge is 0.344 e. The van der Waals surface area contributed by atoms with Crippen molar-refractivity contribution >= 4 is 0 Å². The Bertz CT molecular complexity index is 251. The van der Waals surface area contributed by atoms with Gasteiger partial charge in [-0.25, -0.2) is 0 Å². The zero-order valence-electron chi connectivity index (χ0n) is 8.58. The molecule has 78 valence electrons. The fourth-order valence-corrected chi connectivity index (χ4v) is 4.01. The third-order valence-electron chi connectivity index (χ3n) is 4.87. The summed E-state index contributed by atoms with van der Waals surface area (Å²) in [6.45, 7) is 0. The molecule has 0 aromatic rings. The molecule has 3 unspecified atom stereocenters. The van der Waals surface area contributed by atoms with Crippen LogP contribution >= 0.6 is 0 Å². The molecule has 2 aliphatic carbocycles. The van der Waals surface area contributed by atoms with E-state index in [0.29, 0.717) is 12.2 Å². The summed E-state index contributed by atoms with van der Waals surface area (Å²) in [4.78, 5) is 0. The lowest BCUT2D eigenvalue weighted by molar-refractivity contribution is -0.144. The van der Waals surface area contributed by atoms with Gasteiger partial charge in [-0.2, -0.15) is 0 Å². The molecule has 3 saturated heterocycles. The molecule has 0 aromatic heterocycles. The molecule has 0 amide bonds. The first kappa shape index (κ1) is 8.12. The topological polar surface area (TPSA) is 21.8 Å². The van der Waals surface area contributed by atoms with Gasteiger partial charge in [-0.3, -0.25) is 0 Å². The smallest absolute Gasteiger partial charge is 0.195 e. The third kappa shape index (κ3) is 0.989. The molecule has 14 heavy (non-hydrogen) atoms. The van der Waals surface area contributed by atoms with E-state index < -0.39 is 0 Å². The van der Waals surface area contributed by atoms with Crippen molar-refractivity contribution < 1.29 is 9.47 Å². The first-order chi connectivity index (χ1) is 6.86. The highest BCUT2D eigenvalue weighted by molar-refractivity contribution is 5.04. The van der Waals surface area contributed by atoms with Gasteiger partial charge in [0.1, 0.15) is 6.10 Å². The quantitative estimate of drug-likeness (QED) is 0.552. The molecule has 2 nitrogen and oxygen atoms in total. The Morgan fingerprint density at radius 3 is 2.43 bits per heavy atom. The zero-order chi connectivity index (χ0) is 9.17. The first-order valence-electron chi connectivity index (χ1n) is 6.21. The van der Waals surface area contributed by atoms with Crippen molar-refractivity contribution in [2.75, 3.05) is 0 Å². The molecule has 0 N–H and O–H groups in total. The Hall–Kier alpha value is -0.0800. The highest BCUT2D eigenvalue weighted by Gasteiger charge is 2.63. The Balaban J connectivity index is 1.68. The van der Waals surface area contributed by atoms with E-state index in [-0.39, 0.29) is 5.79 Å². The van der Waals surface area contributed by atoms with Crippen LogP contribution in [0, 0.1) is 11.8 Å². The van der Waals surface area contributed by atoms with Crippen LogP contribution < -0.4 is 0 Å². The van der Waals surface area contributed by atoms with Gasteiger partial charge in [0.15, 0.2) is 5.79 Å². The predicted molar refractivity (Wildman–Crippen MR) is 51.8 cm³/mol. The van der Waals surface area contributed by atoms with E-state index in [1.807, 2.05) is 0 Å². The summed E-state index contributed by atoms with van der Waals surface area (Å²) in [6, 6.07) is 0. The van der Waals surface area contributed by atoms with Crippen LogP contribution in [0.1, 0.15) is 44.9 Å². The van der Waals surface area contributed by atoms with Gasteiger partial charge in [0, 0.05) is 6.42 Å². The lowest BCUT2D eigenvalue weighted by Crippen LogP contribution is -2.41. The Labute approximate surface area is 85.0 Å². The second kappa shape index (κ2) is 2.53. The monoisotopic (exact) mass is 194 g/mol. The maximum atomic E-state index is 6.19. The van der Waals surface area contributed by atoms with E-state index >= 15 is 0 Å². The molecule has 4 bridgehead atoms. The summed E-state index contributed by atoms with van der Waals surface area (Å²) in [6.07, 6.45) is 10.3. The van der Waals surface area contributed by atoms with Gasteiger partial charge in [-0.1, -0.05) is 0 Å². The van der Waals surface area contributed by atoms with Crippen LogP contribution in [0.5, 0.6) is 0 Å². The fourth-order valence-electron chi connectivity index (χ4n) is 4.01. The summed E-state index contributed by atoms with van der Waals surface area (Å²) in [5.74, 6) is 1.83. The van der Waals surface area contributed by atoms with Crippen LogP contribution in [-0.4, -0.2) is 18.0 Å². The van der Waals surface area contributed by atoms with Crippen molar-refractivity contribution in [3.8, 4) is 0 Å². The van der Waals surface area contributed by atoms with E-state index in [2.05, 4.69) is 0 Å². The van der Waals surface area contributed by atoms with Crippen molar-refractivity contribution in [1.82, 2.24) is 0 Å². The average molecular weight is 194 g/mol. The van der Waals surface area contributed by atoms with E-state index in [1.54, 1.807) is 0 Å². The summed E-state index contributed by atoms with van der Waals surface area (Å²) >= 11 is 0. The van der Waals surface area contributed by atoms with E-state index in [9.17, 15) is 0 Å². The van der Waals surface area contributed by atoms with Crippen molar-refractivity contribution in [1.29, 1.82) is 0 Å². The van der Waals surface area contributed by atoms with E-state index in [4.69, 9.17) is 9.47 Å². The number of hydrogen-bond acceptors (Lipinski definition) is 2. The van der Waals surface area contributed by atoms with Crippen molar-refractivity contribution in [2.24, 2.45) is 11.8 Å². The van der Waals surface area contributed by atoms with Crippen molar-refractivity contribution in [3.63, 3.8) is 0 Å². The number of rotatable bonds is 0. The summed E-state index contributed by atoms with van der Waals surface area (Å²) in [7, 11) is 0. The molecule has 0 aromatic carbocycles. The Morgan fingerprint density at radius 2 is 1.57 bits per heavy atom. The maximum Gasteiger partial charge on any atom is 0.195 e. The highest BCUT2D eigenvalue weighted by atomic mass is 16.8. The van der Waals surface area contributed by atoms with Crippen LogP contribution in [0.4, 0.5) is 0 Å². The molecule has 5 aliphatic rings. The van der Waals surface area contributed by atoms with E-state index in [0.717, 1.165) is 11.8 Å². The lowest BCUT2D eigenvalue weighted by Gasteiger charge is -2.41. The molecule has 0 radical (unpaired) electrons. The van der Waals surface area contributed by atoms with Gasteiger partial charge < -0.3 is 9.47 Å². The maximum absolute atomic E-state index is 6.19. The van der Waals surface area contributed by atoms with Gasteiger partial charge in [0.2, 0.25) is 0 Å². The molecule has 3 atom stereocenters. The molecule has 2 saturated carbocycles. The average Bonchev–Trinajstić information content (AvgIpc) is 2.90. The minimum absolute atomic E-state index is 0.0767. The van der Waals surface area contributed by atoms with Crippen LogP contribution in [0.3, 0.4) is 0 Å².